The van der Waals surface area contributed by atoms with E-state index in [2.05, 4.69) is 17.0 Å². The third kappa shape index (κ3) is 3.44. The standard InChI is InChI=1S/C17H23N5O.ClH/c1-3-15-19-16(20-22(15)14-7-5-4-6-8-14)17(23)21-11-13(10-18)9-12(21)2;/h4-8,12-13H,3,9-11,18H2,1-2H3;1H. The Bertz CT molecular complexity index is 688. The summed E-state index contributed by atoms with van der Waals surface area (Å²) in [5, 5.41) is 4.46. The fourth-order valence-electron chi connectivity index (χ4n) is 3.16. The van der Waals surface area contributed by atoms with Crippen molar-refractivity contribution in [2.45, 2.75) is 32.7 Å². The molecule has 0 aliphatic carbocycles. The molecule has 0 saturated carbocycles. The Kier molecular flexibility index (Phi) is 5.96. The summed E-state index contributed by atoms with van der Waals surface area (Å²) in [6.07, 6.45) is 1.67. The van der Waals surface area contributed by atoms with Crippen LogP contribution in [0, 0.1) is 5.92 Å². The van der Waals surface area contributed by atoms with Crippen molar-refractivity contribution >= 4 is 18.3 Å². The van der Waals surface area contributed by atoms with Crippen molar-refractivity contribution in [2.24, 2.45) is 11.7 Å². The molecule has 6 nitrogen and oxygen atoms in total. The molecule has 1 aliphatic heterocycles. The van der Waals surface area contributed by atoms with Crippen LogP contribution in [0.3, 0.4) is 0 Å². The van der Waals surface area contributed by atoms with E-state index in [1.54, 1.807) is 4.68 Å². The number of halogens is 1. The zero-order valence-corrected chi connectivity index (χ0v) is 14.9. The average Bonchev–Trinajstić information content (AvgIpc) is 3.18. The van der Waals surface area contributed by atoms with Gasteiger partial charge in [0.2, 0.25) is 5.82 Å². The minimum atomic E-state index is -0.0992. The maximum Gasteiger partial charge on any atom is 0.293 e. The second-order valence-electron chi connectivity index (χ2n) is 6.10. The van der Waals surface area contributed by atoms with Crippen molar-refractivity contribution in [3.8, 4) is 5.69 Å². The van der Waals surface area contributed by atoms with E-state index >= 15 is 0 Å². The highest BCUT2D eigenvalue weighted by atomic mass is 35.5. The van der Waals surface area contributed by atoms with Gasteiger partial charge >= 0.3 is 0 Å². The summed E-state index contributed by atoms with van der Waals surface area (Å²) in [6, 6.07) is 9.97. The van der Waals surface area contributed by atoms with E-state index < -0.39 is 0 Å². The first-order valence-electron chi connectivity index (χ1n) is 8.16. The molecule has 130 valence electrons. The Morgan fingerprint density at radius 3 is 2.62 bits per heavy atom. The number of aryl methyl sites for hydroxylation is 1. The topological polar surface area (TPSA) is 77.0 Å². The third-order valence-electron chi connectivity index (χ3n) is 4.44. The summed E-state index contributed by atoms with van der Waals surface area (Å²) >= 11 is 0. The van der Waals surface area contributed by atoms with E-state index in [0.717, 1.165) is 24.4 Å². The highest BCUT2D eigenvalue weighted by Crippen LogP contribution is 2.23. The van der Waals surface area contributed by atoms with Gasteiger partial charge in [-0.25, -0.2) is 9.67 Å². The van der Waals surface area contributed by atoms with Gasteiger partial charge in [0.15, 0.2) is 0 Å². The van der Waals surface area contributed by atoms with Crippen LogP contribution in [0.15, 0.2) is 30.3 Å². The summed E-state index contributed by atoms with van der Waals surface area (Å²) in [7, 11) is 0. The molecule has 2 atom stereocenters. The molecule has 2 aromatic rings. The van der Waals surface area contributed by atoms with Crippen molar-refractivity contribution in [3.63, 3.8) is 0 Å². The maximum absolute atomic E-state index is 12.8. The first-order chi connectivity index (χ1) is 11.1. The number of nitrogens with two attached hydrogens (primary N) is 1. The minimum Gasteiger partial charge on any atom is -0.333 e. The van der Waals surface area contributed by atoms with E-state index in [9.17, 15) is 4.79 Å². The van der Waals surface area contributed by atoms with Crippen molar-refractivity contribution < 1.29 is 4.79 Å². The fraction of sp³-hybridized carbons (Fsp3) is 0.471. The molecule has 24 heavy (non-hydrogen) atoms. The van der Waals surface area contributed by atoms with Gasteiger partial charge in [0.25, 0.3) is 5.91 Å². The number of hydrogen-bond donors (Lipinski definition) is 1. The van der Waals surface area contributed by atoms with E-state index in [4.69, 9.17) is 5.73 Å². The lowest BCUT2D eigenvalue weighted by Gasteiger charge is -2.19. The molecular weight excluding hydrogens is 326 g/mol. The lowest BCUT2D eigenvalue weighted by Crippen LogP contribution is -2.35. The SMILES string of the molecule is CCc1nc(C(=O)N2CC(CN)CC2C)nn1-c1ccccc1.Cl. The number of rotatable bonds is 4. The number of carbonyl (C=O) groups is 1. The second-order valence-corrected chi connectivity index (χ2v) is 6.10. The van der Waals surface area contributed by atoms with E-state index in [1.165, 1.54) is 0 Å². The van der Waals surface area contributed by atoms with Crippen LogP contribution in [-0.4, -0.2) is 44.7 Å². The van der Waals surface area contributed by atoms with Crippen LogP contribution in [0.2, 0.25) is 0 Å². The van der Waals surface area contributed by atoms with Crippen LogP contribution in [0.5, 0.6) is 0 Å². The highest BCUT2D eigenvalue weighted by Gasteiger charge is 2.34. The summed E-state index contributed by atoms with van der Waals surface area (Å²) in [4.78, 5) is 19.1. The molecular formula is C17H24ClN5O. The van der Waals surface area contributed by atoms with Gasteiger partial charge in [0.05, 0.1) is 5.69 Å². The summed E-state index contributed by atoms with van der Waals surface area (Å²) in [6.45, 7) is 5.38. The first kappa shape index (κ1) is 18.4. The van der Waals surface area contributed by atoms with Crippen LogP contribution >= 0.6 is 12.4 Å². The largest absolute Gasteiger partial charge is 0.333 e. The monoisotopic (exact) mass is 349 g/mol. The predicted octanol–water partition coefficient (Wildman–Crippen LogP) is 2.06. The second kappa shape index (κ2) is 7.77. The summed E-state index contributed by atoms with van der Waals surface area (Å²) < 4.78 is 1.76. The van der Waals surface area contributed by atoms with Crippen LogP contribution < -0.4 is 5.73 Å². The Labute approximate surface area is 148 Å². The number of likely N-dealkylation sites (tertiary alicyclic amines) is 1. The fourth-order valence-corrected chi connectivity index (χ4v) is 3.16. The van der Waals surface area contributed by atoms with Gasteiger partial charge in [-0.1, -0.05) is 25.1 Å². The molecule has 1 amide bonds. The molecule has 3 rings (SSSR count). The molecule has 1 saturated heterocycles. The Morgan fingerprint density at radius 1 is 1.33 bits per heavy atom. The lowest BCUT2D eigenvalue weighted by atomic mass is 10.1. The molecule has 1 aliphatic rings. The molecule has 2 unspecified atom stereocenters. The first-order valence-corrected chi connectivity index (χ1v) is 8.16. The minimum absolute atomic E-state index is 0. The molecule has 2 heterocycles. The molecule has 2 N–H and O–H groups in total. The van der Waals surface area contributed by atoms with E-state index in [1.807, 2.05) is 42.2 Å². The molecule has 7 heteroatoms. The molecule has 1 aromatic carbocycles. The number of carbonyl (C=O) groups excluding carboxylic acids is 1. The van der Waals surface area contributed by atoms with Crippen molar-refractivity contribution in [1.29, 1.82) is 0 Å². The van der Waals surface area contributed by atoms with Gasteiger partial charge in [0.1, 0.15) is 5.82 Å². The molecule has 0 bridgehead atoms. The van der Waals surface area contributed by atoms with Gasteiger partial charge in [-0.2, -0.15) is 0 Å². The molecule has 1 aromatic heterocycles. The predicted molar refractivity (Wildman–Crippen MR) is 95.6 cm³/mol. The number of aromatic nitrogens is 3. The van der Waals surface area contributed by atoms with Crippen molar-refractivity contribution in [1.82, 2.24) is 19.7 Å². The van der Waals surface area contributed by atoms with Gasteiger partial charge in [0, 0.05) is 19.0 Å². The van der Waals surface area contributed by atoms with Gasteiger partial charge in [-0.3, -0.25) is 4.79 Å². The van der Waals surface area contributed by atoms with E-state index in [0.29, 0.717) is 19.0 Å². The normalized spacial score (nSPS) is 20.0. The Balaban J connectivity index is 0.00000208. The number of amides is 1. The molecule has 0 radical (unpaired) electrons. The highest BCUT2D eigenvalue weighted by molar-refractivity contribution is 5.91. The quantitative estimate of drug-likeness (QED) is 0.916. The van der Waals surface area contributed by atoms with Gasteiger partial charge in [-0.05, 0) is 37.9 Å². The molecule has 1 fully saturated rings. The number of nitrogens with zero attached hydrogens (tertiary/aromatic N) is 4. The van der Waals surface area contributed by atoms with Crippen molar-refractivity contribution in [3.05, 3.63) is 42.0 Å². The summed E-state index contributed by atoms with van der Waals surface area (Å²) in [5.41, 5.74) is 6.67. The van der Waals surface area contributed by atoms with E-state index in [-0.39, 0.29) is 30.2 Å². The number of para-hydroxylation sites is 1. The zero-order chi connectivity index (χ0) is 16.4. The Morgan fingerprint density at radius 2 is 2.04 bits per heavy atom. The number of benzene rings is 1. The van der Waals surface area contributed by atoms with Crippen LogP contribution in [-0.2, 0) is 6.42 Å². The Hall–Kier alpha value is -1.92. The lowest BCUT2D eigenvalue weighted by molar-refractivity contribution is 0.0731. The van der Waals surface area contributed by atoms with Gasteiger partial charge < -0.3 is 10.6 Å². The molecule has 0 spiro atoms. The van der Waals surface area contributed by atoms with Crippen LogP contribution in [0.25, 0.3) is 5.69 Å². The summed E-state index contributed by atoms with van der Waals surface area (Å²) in [5.74, 6) is 1.34. The zero-order valence-electron chi connectivity index (χ0n) is 14.1. The van der Waals surface area contributed by atoms with Crippen molar-refractivity contribution in [2.75, 3.05) is 13.1 Å². The van der Waals surface area contributed by atoms with Gasteiger partial charge in [-0.15, -0.1) is 17.5 Å². The maximum atomic E-state index is 12.8. The third-order valence-corrected chi connectivity index (χ3v) is 4.44. The number of hydrogen-bond acceptors (Lipinski definition) is 4. The van der Waals surface area contributed by atoms with Crippen LogP contribution in [0.1, 0.15) is 36.7 Å². The van der Waals surface area contributed by atoms with Crippen LogP contribution in [0.4, 0.5) is 0 Å². The smallest absolute Gasteiger partial charge is 0.293 e. The average molecular weight is 350 g/mol.